The highest BCUT2D eigenvalue weighted by molar-refractivity contribution is 5.49. The number of aliphatic hydroxyl groups is 1. The lowest BCUT2D eigenvalue weighted by atomic mass is 10.1. The molecule has 1 heterocycles. The largest absolute Gasteiger partial charge is 0.389 e. The third-order valence-electron chi connectivity index (χ3n) is 3.40. The van der Waals surface area contributed by atoms with Crippen LogP contribution in [0.15, 0.2) is 24.3 Å². The Balaban J connectivity index is 2.66. The van der Waals surface area contributed by atoms with E-state index in [9.17, 15) is 5.11 Å². The topological polar surface area (TPSA) is 61.8 Å². The fourth-order valence-electron chi connectivity index (χ4n) is 2.26. The molecule has 0 spiro atoms. The minimum Gasteiger partial charge on any atom is -0.389 e. The molecule has 2 aromatic rings. The second kappa shape index (κ2) is 5.89. The fraction of sp³-hybridized carbons (Fsp3) is 0.375. The van der Waals surface area contributed by atoms with Gasteiger partial charge in [0.25, 0.3) is 0 Å². The second-order valence-electron chi connectivity index (χ2n) is 4.81. The average Bonchev–Trinajstić information content (AvgIpc) is 2.89. The molecule has 1 aromatic carbocycles. The molecule has 0 aliphatic carbocycles. The third-order valence-corrected chi connectivity index (χ3v) is 3.40. The number of aromatic nitrogens is 2. The molecule has 0 saturated carbocycles. The monoisotopic (exact) mass is 269 g/mol. The molecule has 0 aliphatic heterocycles. The minimum absolute atomic E-state index is 0.569. The van der Waals surface area contributed by atoms with Gasteiger partial charge in [0.1, 0.15) is 0 Å². The summed E-state index contributed by atoms with van der Waals surface area (Å²) in [5, 5.41) is 23.6. The van der Waals surface area contributed by atoms with Gasteiger partial charge >= 0.3 is 0 Å². The fourth-order valence-corrected chi connectivity index (χ4v) is 2.26. The van der Waals surface area contributed by atoms with Crippen molar-refractivity contribution in [1.29, 1.82) is 5.26 Å². The van der Waals surface area contributed by atoms with Gasteiger partial charge in [-0.05, 0) is 38.0 Å². The maximum atomic E-state index is 9.93. The molecule has 4 heteroatoms. The molecule has 4 nitrogen and oxygen atoms in total. The van der Waals surface area contributed by atoms with Gasteiger partial charge in [-0.25, -0.2) is 4.68 Å². The van der Waals surface area contributed by atoms with Crippen LogP contribution in [0.2, 0.25) is 0 Å². The predicted molar refractivity (Wildman–Crippen MR) is 77.7 cm³/mol. The van der Waals surface area contributed by atoms with Crippen molar-refractivity contribution < 1.29 is 5.11 Å². The van der Waals surface area contributed by atoms with E-state index in [1.54, 1.807) is 25.1 Å². The van der Waals surface area contributed by atoms with Crippen molar-refractivity contribution >= 4 is 0 Å². The molecule has 1 aromatic heterocycles. The van der Waals surface area contributed by atoms with Gasteiger partial charge in [0, 0.05) is 11.3 Å². The third kappa shape index (κ3) is 2.59. The van der Waals surface area contributed by atoms with Gasteiger partial charge in [0.15, 0.2) is 0 Å². The van der Waals surface area contributed by atoms with Crippen LogP contribution in [0.1, 0.15) is 49.4 Å². The Morgan fingerprint density at radius 1 is 1.30 bits per heavy atom. The number of nitrogens with zero attached hydrogens (tertiary/aromatic N) is 3. The zero-order chi connectivity index (χ0) is 14.7. The smallest absolute Gasteiger partial charge is 0.0992 e. The molecule has 0 amide bonds. The summed E-state index contributed by atoms with van der Waals surface area (Å²) in [6.45, 7) is 5.86. The molecule has 2 rings (SSSR count). The zero-order valence-corrected chi connectivity index (χ0v) is 12.1. The highest BCUT2D eigenvalue weighted by Crippen LogP contribution is 2.24. The van der Waals surface area contributed by atoms with E-state index in [0.717, 1.165) is 35.5 Å². The van der Waals surface area contributed by atoms with Crippen LogP contribution in [0.25, 0.3) is 5.69 Å². The lowest BCUT2D eigenvalue weighted by Gasteiger charge is -2.14. The number of benzene rings is 1. The van der Waals surface area contributed by atoms with E-state index < -0.39 is 6.10 Å². The maximum absolute atomic E-state index is 9.93. The van der Waals surface area contributed by atoms with Crippen LogP contribution < -0.4 is 0 Å². The van der Waals surface area contributed by atoms with E-state index in [1.165, 1.54) is 0 Å². The second-order valence-corrected chi connectivity index (χ2v) is 4.81. The number of rotatable bonds is 4. The van der Waals surface area contributed by atoms with Crippen LogP contribution in [-0.2, 0) is 12.8 Å². The summed E-state index contributed by atoms with van der Waals surface area (Å²) >= 11 is 0. The Morgan fingerprint density at radius 2 is 2.05 bits per heavy atom. The molecule has 1 N–H and O–H groups in total. The van der Waals surface area contributed by atoms with Crippen molar-refractivity contribution in [3.05, 3.63) is 46.8 Å². The first-order valence-electron chi connectivity index (χ1n) is 6.91. The van der Waals surface area contributed by atoms with Gasteiger partial charge in [-0.1, -0.05) is 19.9 Å². The first-order chi connectivity index (χ1) is 9.60. The number of aryl methyl sites for hydroxylation is 2. The molecular weight excluding hydrogens is 250 g/mol. The van der Waals surface area contributed by atoms with Crippen LogP contribution in [0.5, 0.6) is 0 Å². The minimum atomic E-state index is -0.600. The van der Waals surface area contributed by atoms with E-state index >= 15 is 0 Å². The van der Waals surface area contributed by atoms with Crippen molar-refractivity contribution in [2.24, 2.45) is 0 Å². The van der Waals surface area contributed by atoms with E-state index in [-0.39, 0.29) is 0 Å². The van der Waals surface area contributed by atoms with E-state index in [2.05, 4.69) is 31.1 Å². The molecule has 0 bridgehead atoms. The summed E-state index contributed by atoms with van der Waals surface area (Å²) in [6, 6.07) is 9.52. The van der Waals surface area contributed by atoms with E-state index in [0.29, 0.717) is 5.56 Å². The summed E-state index contributed by atoms with van der Waals surface area (Å²) in [5.41, 5.74) is 4.24. The van der Waals surface area contributed by atoms with Crippen molar-refractivity contribution in [1.82, 2.24) is 9.78 Å². The van der Waals surface area contributed by atoms with Gasteiger partial charge < -0.3 is 5.11 Å². The quantitative estimate of drug-likeness (QED) is 0.928. The van der Waals surface area contributed by atoms with Gasteiger partial charge in [0.2, 0.25) is 0 Å². The molecule has 0 radical (unpaired) electrons. The van der Waals surface area contributed by atoms with Crippen LogP contribution >= 0.6 is 0 Å². The van der Waals surface area contributed by atoms with Crippen molar-refractivity contribution in [3.8, 4) is 11.8 Å². The molecule has 0 saturated heterocycles. The number of nitriles is 1. The van der Waals surface area contributed by atoms with Gasteiger partial charge in [-0.2, -0.15) is 10.4 Å². The van der Waals surface area contributed by atoms with E-state index in [1.807, 2.05) is 4.68 Å². The lowest BCUT2D eigenvalue weighted by molar-refractivity contribution is 0.199. The van der Waals surface area contributed by atoms with Crippen molar-refractivity contribution in [2.45, 2.75) is 39.7 Å². The SMILES string of the molecule is CCc1cc(CC)n(-c2cc(C#N)ccc2[C@H](C)O)n1. The standard InChI is InChI=1S/C16H19N3O/c1-4-13-9-14(5-2)19(18-13)16-8-12(10-17)6-7-15(16)11(3)20/h6-9,11,20H,4-5H2,1-3H3/t11-/m0/s1. The Hall–Kier alpha value is -2.12. The number of aliphatic hydroxyl groups excluding tert-OH is 1. The Kier molecular flexibility index (Phi) is 4.21. The first kappa shape index (κ1) is 14.3. The van der Waals surface area contributed by atoms with Crippen molar-refractivity contribution in [2.75, 3.05) is 0 Å². The number of hydrogen-bond acceptors (Lipinski definition) is 3. The molecule has 104 valence electrons. The first-order valence-corrected chi connectivity index (χ1v) is 6.91. The highest BCUT2D eigenvalue weighted by atomic mass is 16.3. The average molecular weight is 269 g/mol. The Morgan fingerprint density at radius 3 is 2.60 bits per heavy atom. The predicted octanol–water partition coefficient (Wildman–Crippen LogP) is 2.92. The molecule has 20 heavy (non-hydrogen) atoms. The molecular formula is C16H19N3O. The van der Waals surface area contributed by atoms with Crippen LogP contribution in [0, 0.1) is 11.3 Å². The number of hydrogen-bond donors (Lipinski definition) is 1. The van der Waals surface area contributed by atoms with Crippen LogP contribution in [0.3, 0.4) is 0 Å². The Labute approximate surface area is 119 Å². The van der Waals surface area contributed by atoms with Gasteiger partial charge in [-0.3, -0.25) is 0 Å². The zero-order valence-electron chi connectivity index (χ0n) is 12.1. The maximum Gasteiger partial charge on any atom is 0.0992 e. The van der Waals surface area contributed by atoms with Crippen LogP contribution in [0.4, 0.5) is 0 Å². The molecule has 0 unspecified atom stereocenters. The normalized spacial score (nSPS) is 12.2. The summed E-state index contributed by atoms with van der Waals surface area (Å²) in [4.78, 5) is 0. The molecule has 0 fully saturated rings. The van der Waals surface area contributed by atoms with Gasteiger partial charge in [-0.15, -0.1) is 0 Å². The summed E-state index contributed by atoms with van der Waals surface area (Å²) in [5.74, 6) is 0. The summed E-state index contributed by atoms with van der Waals surface area (Å²) in [7, 11) is 0. The summed E-state index contributed by atoms with van der Waals surface area (Å²) in [6.07, 6.45) is 1.11. The highest BCUT2D eigenvalue weighted by Gasteiger charge is 2.15. The van der Waals surface area contributed by atoms with E-state index in [4.69, 9.17) is 5.26 Å². The summed E-state index contributed by atoms with van der Waals surface area (Å²) < 4.78 is 1.85. The molecule has 0 aliphatic rings. The lowest BCUT2D eigenvalue weighted by Crippen LogP contribution is -2.07. The van der Waals surface area contributed by atoms with Crippen LogP contribution in [-0.4, -0.2) is 14.9 Å². The van der Waals surface area contributed by atoms with Gasteiger partial charge in [0.05, 0.1) is 29.1 Å². The Bertz CT molecular complexity index is 650. The molecule has 1 atom stereocenters. The van der Waals surface area contributed by atoms with Crippen molar-refractivity contribution in [3.63, 3.8) is 0 Å².